The highest BCUT2D eigenvalue weighted by atomic mass is 32.2. The molecule has 11 heteroatoms. The molecule has 1 unspecified atom stereocenters. The van der Waals surface area contributed by atoms with Gasteiger partial charge in [-0.05, 0) is 73.9 Å². The predicted molar refractivity (Wildman–Crippen MR) is 128 cm³/mol. The third-order valence-corrected chi connectivity index (χ3v) is 9.48. The molecule has 2 heterocycles. The molecule has 6 nitrogen and oxygen atoms in total. The lowest BCUT2D eigenvalue weighted by Gasteiger charge is -2.39. The van der Waals surface area contributed by atoms with E-state index in [1.807, 2.05) is 0 Å². The first-order chi connectivity index (χ1) is 16.6. The van der Waals surface area contributed by atoms with Gasteiger partial charge in [-0.1, -0.05) is 6.07 Å². The van der Waals surface area contributed by atoms with Crippen LogP contribution in [0.25, 0.3) is 10.2 Å². The molecule has 2 fully saturated rings. The van der Waals surface area contributed by atoms with Crippen LogP contribution < -0.4 is 4.72 Å². The molecule has 2 aliphatic rings. The second kappa shape index (κ2) is 8.77. The molecule has 1 aliphatic heterocycles. The van der Waals surface area contributed by atoms with E-state index >= 15 is 0 Å². The number of nitrogens with zero attached hydrogens (tertiary/aromatic N) is 2. The van der Waals surface area contributed by atoms with Crippen molar-refractivity contribution < 1.29 is 26.4 Å². The Labute approximate surface area is 205 Å². The summed E-state index contributed by atoms with van der Waals surface area (Å²) < 4.78 is 68.4. The highest BCUT2D eigenvalue weighted by molar-refractivity contribution is 7.93. The van der Waals surface area contributed by atoms with E-state index in [1.54, 1.807) is 34.7 Å². The van der Waals surface area contributed by atoms with Crippen molar-refractivity contribution in [2.75, 3.05) is 17.8 Å². The number of fused-ring (bicyclic) bond motifs is 1. The van der Waals surface area contributed by atoms with Crippen molar-refractivity contribution in [2.24, 2.45) is 11.3 Å². The molecule has 1 amide bonds. The second-order valence-corrected chi connectivity index (χ2v) is 11.9. The summed E-state index contributed by atoms with van der Waals surface area (Å²) in [5.74, 6) is -1.43. The van der Waals surface area contributed by atoms with Gasteiger partial charge in [-0.25, -0.2) is 13.4 Å². The van der Waals surface area contributed by atoms with E-state index in [4.69, 9.17) is 0 Å². The molecule has 186 valence electrons. The fourth-order valence-electron chi connectivity index (χ4n) is 5.28. The molecule has 1 spiro atoms. The molecule has 1 saturated heterocycles. The van der Waals surface area contributed by atoms with Gasteiger partial charge in [-0.2, -0.15) is 13.2 Å². The van der Waals surface area contributed by atoms with Crippen LogP contribution in [0.1, 0.15) is 42.5 Å². The molecule has 5 rings (SSSR count). The van der Waals surface area contributed by atoms with Gasteiger partial charge in [-0.15, -0.1) is 11.3 Å². The van der Waals surface area contributed by atoms with Gasteiger partial charge in [0, 0.05) is 24.3 Å². The second-order valence-electron chi connectivity index (χ2n) is 9.41. The number of likely N-dealkylation sites (tertiary alicyclic amines) is 1. The van der Waals surface area contributed by atoms with Crippen LogP contribution in [0.2, 0.25) is 0 Å². The lowest BCUT2D eigenvalue weighted by Crippen LogP contribution is -2.42. The molecular weight excluding hydrogens is 499 g/mol. The fraction of sp³-hybridized carbons (Fsp3) is 0.417. The largest absolute Gasteiger partial charge is 0.391 e. The minimum Gasteiger partial charge on any atom is -0.339 e. The number of amides is 1. The standard InChI is InChI=1S/C24H24F3N3O3S2/c25-24(26,27)17-8-9-23(14-17)10-12-30(13-11-23)22(31)16-4-6-18(7-5-16)29-35(32,33)20-3-1-2-19-21(20)28-15-34-19/h1-7,15,17,29H,8-14H2. The molecule has 0 bridgehead atoms. The van der Waals surface area contributed by atoms with Crippen molar-refractivity contribution in [3.8, 4) is 0 Å². The summed E-state index contributed by atoms with van der Waals surface area (Å²) in [6.45, 7) is 0.852. The average molecular weight is 524 g/mol. The van der Waals surface area contributed by atoms with Gasteiger partial charge in [-0.3, -0.25) is 9.52 Å². The van der Waals surface area contributed by atoms with Crippen molar-refractivity contribution in [2.45, 2.75) is 43.2 Å². The number of benzene rings is 2. The number of thiazole rings is 1. The van der Waals surface area contributed by atoms with Gasteiger partial charge in [0.25, 0.3) is 15.9 Å². The number of carbonyl (C=O) groups excluding carboxylic acids is 1. The van der Waals surface area contributed by atoms with Gasteiger partial charge >= 0.3 is 6.18 Å². The first-order valence-corrected chi connectivity index (χ1v) is 13.7. The van der Waals surface area contributed by atoms with Crippen molar-refractivity contribution in [1.82, 2.24) is 9.88 Å². The van der Waals surface area contributed by atoms with Crippen molar-refractivity contribution in [1.29, 1.82) is 0 Å². The van der Waals surface area contributed by atoms with Crippen LogP contribution in [0, 0.1) is 11.3 Å². The van der Waals surface area contributed by atoms with Gasteiger partial charge in [0.05, 0.1) is 16.1 Å². The third-order valence-electron chi connectivity index (χ3n) is 7.27. The molecule has 1 N–H and O–H groups in total. The minimum absolute atomic E-state index is 0.0818. The zero-order valence-electron chi connectivity index (χ0n) is 18.7. The maximum absolute atomic E-state index is 13.1. The Morgan fingerprint density at radius 2 is 1.80 bits per heavy atom. The van der Waals surface area contributed by atoms with Crippen LogP contribution in [-0.2, 0) is 10.0 Å². The van der Waals surface area contributed by atoms with Crippen LogP contribution in [0.4, 0.5) is 18.9 Å². The SMILES string of the molecule is O=C(c1ccc(NS(=O)(=O)c2cccc3scnc23)cc1)N1CCC2(CCC(C(F)(F)F)C2)CC1. The number of para-hydroxylation sites is 1. The maximum Gasteiger partial charge on any atom is 0.391 e. The molecule has 1 atom stereocenters. The number of carbonyl (C=O) groups is 1. The van der Waals surface area contributed by atoms with Crippen LogP contribution >= 0.6 is 11.3 Å². The number of anilines is 1. The molecule has 2 aromatic carbocycles. The van der Waals surface area contributed by atoms with Crippen LogP contribution in [0.5, 0.6) is 0 Å². The van der Waals surface area contributed by atoms with Crippen molar-refractivity contribution >= 4 is 43.2 Å². The Kier molecular flexibility index (Phi) is 6.03. The van der Waals surface area contributed by atoms with E-state index in [9.17, 15) is 26.4 Å². The van der Waals surface area contributed by atoms with Crippen molar-refractivity contribution in [3.05, 3.63) is 53.5 Å². The summed E-state index contributed by atoms with van der Waals surface area (Å²) in [7, 11) is -3.87. The van der Waals surface area contributed by atoms with Crippen LogP contribution in [0.3, 0.4) is 0 Å². The van der Waals surface area contributed by atoms with Crippen molar-refractivity contribution in [3.63, 3.8) is 0 Å². The predicted octanol–water partition coefficient (Wildman–Crippen LogP) is 5.68. The summed E-state index contributed by atoms with van der Waals surface area (Å²) in [5.41, 5.74) is 2.40. The molecule has 1 aromatic heterocycles. The minimum atomic E-state index is -4.15. The molecular formula is C24H24F3N3O3S2. The number of aromatic nitrogens is 1. The Morgan fingerprint density at radius 1 is 1.09 bits per heavy atom. The summed E-state index contributed by atoms with van der Waals surface area (Å²) in [4.78, 5) is 18.9. The zero-order valence-corrected chi connectivity index (χ0v) is 20.3. The number of nitrogens with one attached hydrogen (secondary N) is 1. The van der Waals surface area contributed by atoms with E-state index < -0.39 is 22.1 Å². The number of rotatable bonds is 4. The summed E-state index contributed by atoms with van der Waals surface area (Å²) in [6.07, 6.45) is -2.11. The Balaban J connectivity index is 1.23. The maximum atomic E-state index is 13.1. The molecule has 35 heavy (non-hydrogen) atoms. The number of hydrogen-bond donors (Lipinski definition) is 1. The molecule has 3 aromatic rings. The van der Waals surface area contributed by atoms with E-state index in [1.165, 1.54) is 29.5 Å². The number of alkyl halides is 3. The Morgan fingerprint density at radius 3 is 2.46 bits per heavy atom. The van der Waals surface area contributed by atoms with Crippen LogP contribution in [-0.4, -0.2) is 43.5 Å². The van der Waals surface area contributed by atoms with E-state index in [-0.39, 0.29) is 29.1 Å². The normalized spacial score (nSPS) is 20.4. The van der Waals surface area contributed by atoms with Gasteiger partial charge < -0.3 is 4.90 Å². The first-order valence-electron chi connectivity index (χ1n) is 11.4. The fourth-order valence-corrected chi connectivity index (χ4v) is 7.27. The molecule has 1 saturated carbocycles. The number of halogens is 3. The lowest BCUT2D eigenvalue weighted by atomic mass is 9.76. The van der Waals surface area contributed by atoms with Gasteiger partial charge in [0.15, 0.2) is 0 Å². The quantitative estimate of drug-likeness (QED) is 0.477. The summed E-state index contributed by atoms with van der Waals surface area (Å²) in [5, 5.41) is 0. The topological polar surface area (TPSA) is 79.4 Å². The highest BCUT2D eigenvalue weighted by Gasteiger charge is 2.51. The molecule has 0 radical (unpaired) electrons. The molecule has 1 aliphatic carbocycles. The summed E-state index contributed by atoms with van der Waals surface area (Å²) >= 11 is 1.35. The smallest absolute Gasteiger partial charge is 0.339 e. The summed E-state index contributed by atoms with van der Waals surface area (Å²) in [6, 6.07) is 11.1. The van der Waals surface area contributed by atoms with Crippen LogP contribution in [0.15, 0.2) is 52.9 Å². The number of piperidine rings is 1. The lowest BCUT2D eigenvalue weighted by molar-refractivity contribution is -0.175. The van der Waals surface area contributed by atoms with E-state index in [0.29, 0.717) is 49.1 Å². The zero-order chi connectivity index (χ0) is 24.8. The average Bonchev–Trinajstić information content (AvgIpc) is 3.47. The van der Waals surface area contributed by atoms with Gasteiger partial charge in [0.1, 0.15) is 10.4 Å². The van der Waals surface area contributed by atoms with Gasteiger partial charge in [0.2, 0.25) is 0 Å². The first kappa shape index (κ1) is 24.1. The number of hydrogen-bond acceptors (Lipinski definition) is 5. The Hall–Kier alpha value is -2.66. The van der Waals surface area contributed by atoms with E-state index in [2.05, 4.69) is 9.71 Å². The number of sulfonamides is 1. The highest BCUT2D eigenvalue weighted by Crippen LogP contribution is 2.53. The monoisotopic (exact) mass is 523 g/mol. The van der Waals surface area contributed by atoms with E-state index in [0.717, 1.165) is 4.70 Å². The Bertz CT molecular complexity index is 1350. The third kappa shape index (κ3) is 4.75.